The van der Waals surface area contributed by atoms with E-state index < -0.39 is 0 Å². The van der Waals surface area contributed by atoms with Gasteiger partial charge in [0.1, 0.15) is 0 Å². The van der Waals surface area contributed by atoms with Crippen LogP contribution in [-0.4, -0.2) is 18.8 Å². The summed E-state index contributed by atoms with van der Waals surface area (Å²) in [4.78, 5) is 1.29. The van der Waals surface area contributed by atoms with Crippen molar-refractivity contribution in [2.24, 2.45) is 0 Å². The fraction of sp³-hybridized carbons (Fsp3) is 0.250. The molecule has 0 spiro atoms. The summed E-state index contributed by atoms with van der Waals surface area (Å²) in [6, 6.07) is 17.4. The Morgan fingerprint density at radius 2 is 1.75 bits per heavy atom. The van der Waals surface area contributed by atoms with E-state index in [4.69, 9.17) is 0 Å². The second kappa shape index (κ2) is 8.23. The molecule has 1 unspecified atom stereocenters. The molecule has 106 valence electrons. The van der Waals surface area contributed by atoms with Crippen molar-refractivity contribution in [1.29, 1.82) is 0 Å². The maximum atomic E-state index is 3.60. The van der Waals surface area contributed by atoms with Gasteiger partial charge in [0.15, 0.2) is 0 Å². The van der Waals surface area contributed by atoms with Crippen LogP contribution in [0.3, 0.4) is 0 Å². The SMILES string of the molecule is CNC(CSc1ccccc1Br)Cc1ccc(Br)cc1. The van der Waals surface area contributed by atoms with Crippen molar-refractivity contribution in [2.75, 3.05) is 12.8 Å². The zero-order chi connectivity index (χ0) is 14.4. The number of hydrogen-bond donors (Lipinski definition) is 1. The number of rotatable bonds is 6. The normalized spacial score (nSPS) is 12.3. The van der Waals surface area contributed by atoms with Crippen LogP contribution in [0.15, 0.2) is 62.4 Å². The standard InChI is InChI=1S/C16H17Br2NS/c1-19-14(10-12-6-8-13(17)9-7-12)11-20-16-5-3-2-4-15(16)18/h2-9,14,19H,10-11H2,1H3. The van der Waals surface area contributed by atoms with Gasteiger partial charge in [-0.3, -0.25) is 0 Å². The highest BCUT2D eigenvalue weighted by atomic mass is 79.9. The van der Waals surface area contributed by atoms with Crippen LogP contribution in [0.1, 0.15) is 5.56 Å². The summed E-state index contributed by atoms with van der Waals surface area (Å²) in [5.74, 6) is 1.05. The maximum absolute atomic E-state index is 3.60. The average Bonchev–Trinajstić information content (AvgIpc) is 2.47. The number of nitrogens with one attached hydrogen (secondary N) is 1. The predicted molar refractivity (Wildman–Crippen MR) is 95.6 cm³/mol. The maximum Gasteiger partial charge on any atom is 0.0311 e. The first-order chi connectivity index (χ1) is 9.69. The van der Waals surface area contributed by atoms with E-state index in [2.05, 4.69) is 79.6 Å². The molecule has 2 aromatic rings. The third-order valence-corrected chi connectivity index (χ3v) is 5.80. The molecule has 0 radical (unpaired) electrons. The molecule has 0 heterocycles. The Labute approximate surface area is 141 Å². The van der Waals surface area contributed by atoms with Gasteiger partial charge in [-0.05, 0) is 59.2 Å². The fourth-order valence-electron chi connectivity index (χ4n) is 1.90. The average molecular weight is 415 g/mol. The summed E-state index contributed by atoms with van der Waals surface area (Å²) in [7, 11) is 2.03. The quantitative estimate of drug-likeness (QED) is 0.657. The van der Waals surface area contributed by atoms with Gasteiger partial charge in [0.25, 0.3) is 0 Å². The van der Waals surface area contributed by atoms with Gasteiger partial charge < -0.3 is 5.32 Å². The first kappa shape index (κ1) is 16.1. The van der Waals surface area contributed by atoms with E-state index in [1.165, 1.54) is 14.9 Å². The number of benzene rings is 2. The minimum Gasteiger partial charge on any atom is -0.316 e. The van der Waals surface area contributed by atoms with Crippen LogP contribution >= 0.6 is 43.6 Å². The third-order valence-electron chi connectivity index (χ3n) is 3.08. The zero-order valence-electron chi connectivity index (χ0n) is 11.3. The van der Waals surface area contributed by atoms with Gasteiger partial charge in [0.05, 0.1) is 0 Å². The minimum atomic E-state index is 0.466. The fourth-order valence-corrected chi connectivity index (χ4v) is 3.84. The Hall–Kier alpha value is -0.290. The first-order valence-electron chi connectivity index (χ1n) is 6.48. The van der Waals surface area contributed by atoms with E-state index in [1.807, 2.05) is 24.9 Å². The van der Waals surface area contributed by atoms with Crippen molar-refractivity contribution >= 4 is 43.6 Å². The lowest BCUT2D eigenvalue weighted by Gasteiger charge is -2.16. The summed E-state index contributed by atoms with van der Waals surface area (Å²) in [6.45, 7) is 0. The molecule has 0 aliphatic carbocycles. The van der Waals surface area contributed by atoms with Crippen molar-refractivity contribution in [3.05, 3.63) is 63.0 Å². The molecule has 20 heavy (non-hydrogen) atoms. The van der Waals surface area contributed by atoms with Crippen LogP contribution in [0, 0.1) is 0 Å². The van der Waals surface area contributed by atoms with Crippen LogP contribution in [0.25, 0.3) is 0 Å². The molecule has 0 fully saturated rings. The molecule has 0 saturated heterocycles. The van der Waals surface area contributed by atoms with Gasteiger partial charge in [-0.25, -0.2) is 0 Å². The topological polar surface area (TPSA) is 12.0 Å². The molecule has 0 aliphatic heterocycles. The van der Waals surface area contributed by atoms with E-state index in [9.17, 15) is 0 Å². The largest absolute Gasteiger partial charge is 0.316 e. The van der Waals surface area contributed by atoms with Crippen molar-refractivity contribution in [3.63, 3.8) is 0 Å². The number of thioether (sulfide) groups is 1. The van der Waals surface area contributed by atoms with Gasteiger partial charge in [-0.15, -0.1) is 11.8 Å². The second-order valence-electron chi connectivity index (χ2n) is 4.56. The van der Waals surface area contributed by atoms with E-state index in [0.717, 1.165) is 16.6 Å². The molecule has 0 aromatic heterocycles. The van der Waals surface area contributed by atoms with Crippen LogP contribution in [-0.2, 0) is 6.42 Å². The smallest absolute Gasteiger partial charge is 0.0311 e. The lowest BCUT2D eigenvalue weighted by molar-refractivity contribution is 0.617. The highest BCUT2D eigenvalue weighted by Crippen LogP contribution is 2.27. The zero-order valence-corrected chi connectivity index (χ0v) is 15.3. The van der Waals surface area contributed by atoms with Crippen LogP contribution in [0.5, 0.6) is 0 Å². The molecule has 0 amide bonds. The Bertz CT molecular complexity index is 542. The molecule has 1 nitrogen and oxygen atoms in total. The first-order valence-corrected chi connectivity index (χ1v) is 9.05. The Balaban J connectivity index is 1.92. The van der Waals surface area contributed by atoms with E-state index in [0.29, 0.717) is 6.04 Å². The second-order valence-corrected chi connectivity index (χ2v) is 7.39. The molecule has 0 bridgehead atoms. The predicted octanol–water partition coefficient (Wildman–Crippen LogP) is 5.13. The van der Waals surface area contributed by atoms with Gasteiger partial charge in [0, 0.05) is 25.6 Å². The van der Waals surface area contributed by atoms with Gasteiger partial charge in [-0.1, -0.05) is 40.2 Å². The van der Waals surface area contributed by atoms with Crippen LogP contribution in [0.4, 0.5) is 0 Å². The van der Waals surface area contributed by atoms with Crippen LogP contribution in [0.2, 0.25) is 0 Å². The Morgan fingerprint density at radius 1 is 1.05 bits per heavy atom. The molecule has 0 saturated carbocycles. The highest BCUT2D eigenvalue weighted by molar-refractivity contribution is 9.10. The van der Waals surface area contributed by atoms with E-state index >= 15 is 0 Å². The lowest BCUT2D eigenvalue weighted by Crippen LogP contribution is -2.30. The summed E-state index contributed by atoms with van der Waals surface area (Å²) in [6.07, 6.45) is 1.04. The van der Waals surface area contributed by atoms with Gasteiger partial charge >= 0.3 is 0 Å². The molecule has 1 N–H and O–H groups in total. The van der Waals surface area contributed by atoms with E-state index in [1.54, 1.807) is 0 Å². The summed E-state index contributed by atoms with van der Waals surface area (Å²) in [5.41, 5.74) is 1.36. The lowest BCUT2D eigenvalue weighted by atomic mass is 10.1. The molecule has 1 atom stereocenters. The van der Waals surface area contributed by atoms with Crippen molar-refractivity contribution < 1.29 is 0 Å². The molecular weight excluding hydrogens is 398 g/mol. The summed E-state index contributed by atoms with van der Waals surface area (Å²) < 4.78 is 2.30. The van der Waals surface area contributed by atoms with Gasteiger partial charge in [0.2, 0.25) is 0 Å². The van der Waals surface area contributed by atoms with Crippen molar-refractivity contribution in [1.82, 2.24) is 5.32 Å². The molecule has 4 heteroatoms. The van der Waals surface area contributed by atoms with E-state index in [-0.39, 0.29) is 0 Å². The highest BCUT2D eigenvalue weighted by Gasteiger charge is 2.09. The number of halogens is 2. The number of likely N-dealkylation sites (N-methyl/N-ethyl adjacent to an activating group) is 1. The molecular formula is C16H17Br2NS. The Morgan fingerprint density at radius 3 is 2.40 bits per heavy atom. The number of hydrogen-bond acceptors (Lipinski definition) is 2. The molecule has 2 aromatic carbocycles. The minimum absolute atomic E-state index is 0.466. The van der Waals surface area contributed by atoms with Crippen molar-refractivity contribution in [3.8, 4) is 0 Å². The van der Waals surface area contributed by atoms with Gasteiger partial charge in [-0.2, -0.15) is 0 Å². The summed E-state index contributed by atoms with van der Waals surface area (Å²) in [5, 5.41) is 3.41. The Kier molecular flexibility index (Phi) is 6.62. The third kappa shape index (κ3) is 4.92. The van der Waals surface area contributed by atoms with Crippen LogP contribution < -0.4 is 5.32 Å². The van der Waals surface area contributed by atoms with Crippen molar-refractivity contribution in [2.45, 2.75) is 17.4 Å². The molecule has 0 aliphatic rings. The monoisotopic (exact) mass is 413 g/mol. The summed E-state index contributed by atoms with van der Waals surface area (Å²) >= 11 is 8.95. The molecule has 2 rings (SSSR count).